The van der Waals surface area contributed by atoms with Crippen molar-refractivity contribution in [2.75, 3.05) is 7.11 Å². The fourth-order valence-electron chi connectivity index (χ4n) is 3.38. The number of ether oxygens (including phenoxy) is 3. The Morgan fingerprint density at radius 2 is 1.91 bits per heavy atom. The van der Waals surface area contributed by atoms with Crippen molar-refractivity contribution in [2.45, 2.75) is 58.8 Å². The number of methoxy groups -OCH3 is 1. The van der Waals surface area contributed by atoms with Gasteiger partial charge in [-0.1, -0.05) is 13.8 Å². The molecule has 0 spiro atoms. The minimum absolute atomic E-state index is 0.0292. The van der Waals surface area contributed by atoms with Crippen LogP contribution in [0.25, 0.3) is 16.6 Å². The summed E-state index contributed by atoms with van der Waals surface area (Å²) in [5.74, 6) is -0.283. The van der Waals surface area contributed by atoms with Crippen molar-refractivity contribution >= 4 is 17.7 Å². The average Bonchev–Trinajstić information content (AvgIpc) is 3.54. The predicted octanol–water partition coefficient (Wildman–Crippen LogP) is 4.89. The Labute approximate surface area is 202 Å². The molecule has 3 aromatic rings. The van der Waals surface area contributed by atoms with Gasteiger partial charge in [-0.05, 0) is 56.5 Å². The highest BCUT2D eigenvalue weighted by atomic mass is 19.3. The van der Waals surface area contributed by atoms with Crippen molar-refractivity contribution in [3.63, 3.8) is 0 Å². The molecule has 0 saturated heterocycles. The first-order chi connectivity index (χ1) is 16.7. The van der Waals surface area contributed by atoms with Gasteiger partial charge in [0.2, 0.25) is 0 Å². The lowest BCUT2D eigenvalue weighted by Gasteiger charge is -2.19. The maximum absolute atomic E-state index is 13.2. The summed E-state index contributed by atoms with van der Waals surface area (Å²) in [7, 11) is 1.35. The highest BCUT2D eigenvalue weighted by Crippen LogP contribution is 2.38. The number of aromatic nitrogens is 2. The van der Waals surface area contributed by atoms with Crippen LogP contribution in [-0.2, 0) is 4.79 Å². The molecule has 10 heteroatoms. The molecular weight excluding hydrogens is 460 g/mol. The largest absolute Gasteiger partial charge is 0.496 e. The predicted molar refractivity (Wildman–Crippen MR) is 126 cm³/mol. The summed E-state index contributed by atoms with van der Waals surface area (Å²) in [6.45, 7) is 4.15. The van der Waals surface area contributed by atoms with E-state index in [-0.39, 0.29) is 23.1 Å². The molecule has 1 aliphatic rings. The van der Waals surface area contributed by atoms with Crippen LogP contribution in [0.5, 0.6) is 17.2 Å². The molecule has 0 bridgehead atoms. The normalized spacial score (nSPS) is 13.1. The lowest BCUT2D eigenvalue weighted by atomic mass is 10.0. The van der Waals surface area contributed by atoms with Crippen LogP contribution < -0.4 is 19.5 Å². The van der Waals surface area contributed by atoms with Crippen molar-refractivity contribution < 1.29 is 32.6 Å². The van der Waals surface area contributed by atoms with Gasteiger partial charge in [-0.3, -0.25) is 9.59 Å². The number of carbonyl (C=O) groups is 2. The summed E-state index contributed by atoms with van der Waals surface area (Å²) in [6.07, 6.45) is 5.54. The number of carbonyl (C=O) groups excluding carboxylic acids is 2. The number of hydrogen-bond donors (Lipinski definition) is 1. The summed E-state index contributed by atoms with van der Waals surface area (Å²) in [4.78, 5) is 23.8. The third kappa shape index (κ3) is 6.06. The van der Waals surface area contributed by atoms with E-state index >= 15 is 0 Å². The third-order valence-electron chi connectivity index (χ3n) is 5.11. The summed E-state index contributed by atoms with van der Waals surface area (Å²) in [6, 6.07) is 6.38. The van der Waals surface area contributed by atoms with E-state index in [2.05, 4.69) is 10.4 Å². The first-order valence-corrected chi connectivity index (χ1v) is 11.3. The molecule has 0 unspecified atom stereocenters. The molecule has 8 nitrogen and oxygen atoms in total. The molecule has 1 fully saturated rings. The number of aldehydes is 1. The average molecular weight is 490 g/mol. The molecule has 35 heavy (non-hydrogen) atoms. The molecule has 2 heterocycles. The Balaban J connectivity index is 0.00000167. The van der Waals surface area contributed by atoms with Crippen LogP contribution in [0.1, 0.15) is 50.9 Å². The van der Waals surface area contributed by atoms with Gasteiger partial charge < -0.3 is 19.5 Å². The number of hydrogen-bond acceptors (Lipinski definition) is 6. The van der Waals surface area contributed by atoms with Crippen molar-refractivity contribution in [2.24, 2.45) is 0 Å². The lowest BCUT2D eigenvalue weighted by Crippen LogP contribution is -2.29. The highest BCUT2D eigenvalue weighted by molar-refractivity contribution is 6.01. The van der Waals surface area contributed by atoms with E-state index in [4.69, 9.17) is 14.2 Å². The standard InChI is InChI=1S/C23H23F2N3O5.C2H6/c1-23(2,12-29)33-15-6-7-17-16(10-26-28(17)11-15)13-8-18(31-3)20(19(9-13)32-22(24)25)21(30)27-14-4-5-14;1-2/h6-12,14,22H,4-5H2,1-3H3,(H,27,30);1-2H3. The minimum atomic E-state index is -3.12. The highest BCUT2D eigenvalue weighted by Gasteiger charge is 2.29. The first kappa shape index (κ1) is 25.9. The number of benzene rings is 1. The van der Waals surface area contributed by atoms with E-state index in [1.807, 2.05) is 13.8 Å². The molecule has 1 aromatic carbocycles. The van der Waals surface area contributed by atoms with Crippen LogP contribution in [0.4, 0.5) is 8.78 Å². The number of nitrogens with one attached hydrogen (secondary N) is 1. The minimum Gasteiger partial charge on any atom is -0.496 e. The van der Waals surface area contributed by atoms with Crippen LogP contribution >= 0.6 is 0 Å². The van der Waals surface area contributed by atoms with Gasteiger partial charge in [0.25, 0.3) is 5.91 Å². The van der Waals surface area contributed by atoms with Crippen LogP contribution in [0.3, 0.4) is 0 Å². The van der Waals surface area contributed by atoms with E-state index in [0.29, 0.717) is 28.7 Å². The molecular formula is C25H29F2N3O5. The zero-order chi connectivity index (χ0) is 25.8. The van der Waals surface area contributed by atoms with Crippen molar-refractivity contribution in [3.05, 3.63) is 42.2 Å². The Morgan fingerprint density at radius 1 is 1.23 bits per heavy atom. The SMILES string of the molecule is CC.COc1cc(-c2cnn3cc(OC(C)(C)C=O)ccc23)cc(OC(F)F)c1C(=O)NC1CC1. The van der Waals surface area contributed by atoms with Crippen molar-refractivity contribution in [3.8, 4) is 28.4 Å². The second-order valence-corrected chi connectivity index (χ2v) is 8.25. The van der Waals surface area contributed by atoms with Crippen LogP contribution in [0.15, 0.2) is 36.7 Å². The molecule has 1 aliphatic carbocycles. The fourth-order valence-corrected chi connectivity index (χ4v) is 3.38. The maximum Gasteiger partial charge on any atom is 0.387 e. The Kier molecular flexibility index (Phi) is 7.93. The number of nitrogens with zero attached hydrogens (tertiary/aromatic N) is 2. The molecule has 1 amide bonds. The molecule has 1 saturated carbocycles. The molecule has 0 atom stereocenters. The third-order valence-corrected chi connectivity index (χ3v) is 5.11. The number of alkyl halides is 2. The number of amides is 1. The second-order valence-electron chi connectivity index (χ2n) is 8.25. The van der Waals surface area contributed by atoms with Crippen LogP contribution in [0.2, 0.25) is 0 Å². The topological polar surface area (TPSA) is 91.2 Å². The van der Waals surface area contributed by atoms with Gasteiger partial charge in [0, 0.05) is 11.6 Å². The first-order valence-electron chi connectivity index (χ1n) is 11.3. The van der Waals surface area contributed by atoms with E-state index in [1.165, 1.54) is 13.2 Å². The van der Waals surface area contributed by atoms with Gasteiger partial charge >= 0.3 is 6.61 Å². The number of pyridine rings is 1. The van der Waals surface area contributed by atoms with Crippen molar-refractivity contribution in [1.29, 1.82) is 0 Å². The fraction of sp³-hybridized carbons (Fsp3) is 0.400. The van der Waals surface area contributed by atoms with E-state index in [9.17, 15) is 18.4 Å². The van der Waals surface area contributed by atoms with Crippen molar-refractivity contribution in [1.82, 2.24) is 14.9 Å². The molecule has 0 aliphatic heterocycles. The van der Waals surface area contributed by atoms with E-state index in [1.54, 1.807) is 49.0 Å². The van der Waals surface area contributed by atoms with Crippen LogP contribution in [0, 0.1) is 0 Å². The zero-order valence-corrected chi connectivity index (χ0v) is 20.3. The number of halogens is 2. The van der Waals surface area contributed by atoms with Gasteiger partial charge in [-0.2, -0.15) is 13.9 Å². The lowest BCUT2D eigenvalue weighted by molar-refractivity contribution is -0.119. The van der Waals surface area contributed by atoms with E-state index in [0.717, 1.165) is 12.8 Å². The van der Waals surface area contributed by atoms with Gasteiger partial charge in [0.1, 0.15) is 22.8 Å². The summed E-state index contributed by atoms with van der Waals surface area (Å²) in [5.41, 5.74) is 0.628. The summed E-state index contributed by atoms with van der Waals surface area (Å²) in [5, 5.41) is 7.08. The smallest absolute Gasteiger partial charge is 0.387 e. The number of fused-ring (bicyclic) bond motifs is 1. The zero-order valence-electron chi connectivity index (χ0n) is 20.3. The van der Waals surface area contributed by atoms with Gasteiger partial charge in [0.05, 0.1) is 25.0 Å². The Hall–Kier alpha value is -3.69. The van der Waals surface area contributed by atoms with Crippen LogP contribution in [-0.4, -0.2) is 47.2 Å². The monoisotopic (exact) mass is 489 g/mol. The van der Waals surface area contributed by atoms with Gasteiger partial charge in [-0.25, -0.2) is 4.52 Å². The Morgan fingerprint density at radius 3 is 2.51 bits per heavy atom. The second kappa shape index (κ2) is 10.7. The molecule has 4 rings (SSSR count). The molecule has 2 aromatic heterocycles. The Bertz CT molecular complexity index is 1210. The number of rotatable bonds is 9. The molecule has 188 valence electrons. The quantitative estimate of drug-likeness (QED) is 0.431. The molecule has 1 N–H and O–H groups in total. The maximum atomic E-state index is 13.2. The van der Waals surface area contributed by atoms with E-state index < -0.39 is 18.1 Å². The van der Waals surface area contributed by atoms with Gasteiger partial charge in [0.15, 0.2) is 11.9 Å². The molecule has 0 radical (unpaired) electrons. The summed E-state index contributed by atoms with van der Waals surface area (Å²) >= 11 is 0. The summed E-state index contributed by atoms with van der Waals surface area (Å²) < 4.78 is 43.6. The van der Waals surface area contributed by atoms with Gasteiger partial charge in [-0.15, -0.1) is 0 Å².